The fourth-order valence-corrected chi connectivity index (χ4v) is 2.76. The van der Waals surface area contributed by atoms with E-state index in [9.17, 15) is 0 Å². The normalized spacial score (nSPS) is 20.1. The van der Waals surface area contributed by atoms with Crippen LogP contribution in [0.3, 0.4) is 0 Å². The van der Waals surface area contributed by atoms with Gasteiger partial charge in [-0.25, -0.2) is 0 Å². The lowest BCUT2D eigenvalue weighted by Crippen LogP contribution is -2.23. The van der Waals surface area contributed by atoms with Crippen LogP contribution in [-0.4, -0.2) is 19.7 Å². The average molecular weight is 240 g/mol. The number of benzene rings is 1. The van der Waals surface area contributed by atoms with Crippen LogP contribution < -0.4 is 10.1 Å². The third kappa shape index (κ3) is 2.50. The maximum Gasteiger partial charge on any atom is 0.140 e. The summed E-state index contributed by atoms with van der Waals surface area (Å²) in [6.45, 7) is 3.18. The number of rotatable bonds is 3. The van der Waals surface area contributed by atoms with E-state index in [-0.39, 0.29) is 0 Å². The third-order valence-corrected chi connectivity index (χ3v) is 3.42. The van der Waals surface area contributed by atoms with Crippen molar-refractivity contribution in [3.63, 3.8) is 0 Å². The highest BCUT2D eigenvalue weighted by Gasteiger charge is 2.15. The van der Waals surface area contributed by atoms with E-state index in [1.165, 1.54) is 18.4 Å². The number of hydrogen-bond donors (Lipinski definition) is 1. The summed E-state index contributed by atoms with van der Waals surface area (Å²) in [6.07, 6.45) is 3.61. The summed E-state index contributed by atoms with van der Waals surface area (Å²) < 4.78 is 5.25. The van der Waals surface area contributed by atoms with Crippen molar-refractivity contribution in [2.24, 2.45) is 0 Å². The van der Waals surface area contributed by atoms with Gasteiger partial charge in [-0.1, -0.05) is 17.7 Å². The van der Waals surface area contributed by atoms with Crippen LogP contribution >= 0.6 is 11.6 Å². The molecule has 0 amide bonds. The Morgan fingerprint density at radius 3 is 2.88 bits per heavy atom. The molecule has 1 N–H and O–H groups in total. The van der Waals surface area contributed by atoms with Crippen LogP contribution in [0.25, 0.3) is 0 Å². The minimum atomic E-state index is 0.615. The first-order valence-electron chi connectivity index (χ1n) is 5.77. The monoisotopic (exact) mass is 239 g/mol. The Hall–Kier alpha value is -0.730. The number of nitrogens with one attached hydrogen (secondary N) is 1. The quantitative estimate of drug-likeness (QED) is 0.876. The first kappa shape index (κ1) is 11.7. The molecule has 0 saturated carbocycles. The van der Waals surface area contributed by atoms with Gasteiger partial charge >= 0.3 is 0 Å². The third-order valence-electron chi connectivity index (χ3n) is 3.14. The molecule has 2 nitrogen and oxygen atoms in total. The van der Waals surface area contributed by atoms with Crippen LogP contribution in [0.15, 0.2) is 12.1 Å². The van der Waals surface area contributed by atoms with E-state index in [4.69, 9.17) is 16.3 Å². The maximum atomic E-state index is 6.17. The first-order valence-corrected chi connectivity index (χ1v) is 6.15. The summed E-state index contributed by atoms with van der Waals surface area (Å²) in [5, 5.41) is 4.22. The van der Waals surface area contributed by atoms with Gasteiger partial charge in [0, 0.05) is 6.04 Å². The highest BCUT2D eigenvalue weighted by Crippen LogP contribution is 2.30. The van der Waals surface area contributed by atoms with Crippen molar-refractivity contribution in [3.05, 3.63) is 28.3 Å². The molecule has 1 fully saturated rings. The fourth-order valence-electron chi connectivity index (χ4n) is 2.39. The van der Waals surface area contributed by atoms with Gasteiger partial charge in [-0.05, 0) is 49.9 Å². The molecule has 1 aromatic carbocycles. The van der Waals surface area contributed by atoms with Crippen molar-refractivity contribution in [2.75, 3.05) is 13.7 Å². The molecule has 88 valence electrons. The summed E-state index contributed by atoms with van der Waals surface area (Å²) in [5.74, 6) is 0.796. The summed E-state index contributed by atoms with van der Waals surface area (Å²) in [4.78, 5) is 0. The lowest BCUT2D eigenvalue weighted by Gasteiger charge is -2.13. The van der Waals surface area contributed by atoms with E-state index in [1.807, 2.05) is 13.0 Å². The molecular weight excluding hydrogens is 222 g/mol. The SMILES string of the molecule is COc1c(C)cc(CC2CCCN2)cc1Cl. The van der Waals surface area contributed by atoms with E-state index in [0.717, 1.165) is 29.3 Å². The molecule has 16 heavy (non-hydrogen) atoms. The molecular formula is C13H18ClNO. The molecule has 2 rings (SSSR count). The highest BCUT2D eigenvalue weighted by molar-refractivity contribution is 6.32. The number of aryl methyl sites for hydroxylation is 1. The molecule has 1 aromatic rings. The lowest BCUT2D eigenvalue weighted by atomic mass is 10.0. The molecule has 1 atom stereocenters. The summed E-state index contributed by atoms with van der Waals surface area (Å²) >= 11 is 6.17. The van der Waals surface area contributed by atoms with E-state index in [0.29, 0.717) is 6.04 Å². The second-order valence-electron chi connectivity index (χ2n) is 4.43. The minimum absolute atomic E-state index is 0.615. The van der Waals surface area contributed by atoms with Crippen LogP contribution in [0.5, 0.6) is 5.75 Å². The Kier molecular flexibility index (Phi) is 3.72. The largest absolute Gasteiger partial charge is 0.495 e. The van der Waals surface area contributed by atoms with Crippen molar-refractivity contribution in [1.82, 2.24) is 5.32 Å². The van der Waals surface area contributed by atoms with Crippen molar-refractivity contribution >= 4 is 11.6 Å². The van der Waals surface area contributed by atoms with Gasteiger partial charge in [-0.3, -0.25) is 0 Å². The zero-order chi connectivity index (χ0) is 11.5. The predicted octanol–water partition coefficient (Wildman–Crippen LogP) is 2.95. The van der Waals surface area contributed by atoms with Crippen LogP contribution in [0.1, 0.15) is 24.0 Å². The van der Waals surface area contributed by atoms with Gasteiger partial charge in [0.1, 0.15) is 5.75 Å². The number of ether oxygens (including phenoxy) is 1. The van der Waals surface area contributed by atoms with Crippen LogP contribution in [0.4, 0.5) is 0 Å². The van der Waals surface area contributed by atoms with E-state index >= 15 is 0 Å². The van der Waals surface area contributed by atoms with E-state index in [2.05, 4.69) is 11.4 Å². The molecule has 0 spiro atoms. The Morgan fingerprint density at radius 1 is 1.50 bits per heavy atom. The lowest BCUT2D eigenvalue weighted by molar-refractivity contribution is 0.411. The topological polar surface area (TPSA) is 21.3 Å². The smallest absolute Gasteiger partial charge is 0.140 e. The van der Waals surface area contributed by atoms with Crippen LogP contribution in [0, 0.1) is 6.92 Å². The molecule has 0 bridgehead atoms. The zero-order valence-corrected chi connectivity index (χ0v) is 10.6. The Labute approximate surface area is 102 Å². The van der Waals surface area contributed by atoms with E-state index < -0.39 is 0 Å². The molecule has 1 heterocycles. The molecule has 1 unspecified atom stereocenters. The fraction of sp³-hybridized carbons (Fsp3) is 0.538. The molecule has 1 aliphatic rings. The van der Waals surface area contributed by atoms with Crippen LogP contribution in [-0.2, 0) is 6.42 Å². The predicted molar refractivity (Wildman–Crippen MR) is 67.5 cm³/mol. The molecule has 0 aliphatic carbocycles. The Balaban J connectivity index is 2.15. The number of methoxy groups -OCH3 is 1. The second-order valence-corrected chi connectivity index (χ2v) is 4.83. The summed E-state index contributed by atoms with van der Waals surface area (Å²) in [6, 6.07) is 4.81. The highest BCUT2D eigenvalue weighted by atomic mass is 35.5. The minimum Gasteiger partial charge on any atom is -0.495 e. The Morgan fingerprint density at radius 2 is 2.31 bits per heavy atom. The van der Waals surface area contributed by atoms with Gasteiger partial charge in [0.2, 0.25) is 0 Å². The summed E-state index contributed by atoms with van der Waals surface area (Å²) in [7, 11) is 1.66. The van der Waals surface area contributed by atoms with Gasteiger partial charge in [-0.15, -0.1) is 0 Å². The molecule has 0 aromatic heterocycles. The van der Waals surface area contributed by atoms with Gasteiger partial charge in [0.15, 0.2) is 0 Å². The van der Waals surface area contributed by atoms with Crippen molar-refractivity contribution in [1.29, 1.82) is 0 Å². The van der Waals surface area contributed by atoms with Crippen molar-refractivity contribution < 1.29 is 4.74 Å². The van der Waals surface area contributed by atoms with Gasteiger partial charge < -0.3 is 10.1 Å². The second kappa shape index (κ2) is 5.07. The van der Waals surface area contributed by atoms with Crippen LogP contribution in [0.2, 0.25) is 5.02 Å². The number of halogens is 1. The van der Waals surface area contributed by atoms with Crippen molar-refractivity contribution in [2.45, 2.75) is 32.2 Å². The first-order chi connectivity index (χ1) is 7.70. The zero-order valence-electron chi connectivity index (χ0n) is 9.85. The maximum absolute atomic E-state index is 6.17. The van der Waals surface area contributed by atoms with Gasteiger partial charge in [0.25, 0.3) is 0 Å². The molecule has 1 aliphatic heterocycles. The van der Waals surface area contributed by atoms with Crippen molar-refractivity contribution in [3.8, 4) is 5.75 Å². The van der Waals surface area contributed by atoms with Gasteiger partial charge in [0.05, 0.1) is 12.1 Å². The molecule has 3 heteroatoms. The molecule has 1 saturated heterocycles. The summed E-state index contributed by atoms with van der Waals surface area (Å²) in [5.41, 5.74) is 2.41. The Bertz CT molecular complexity index is 349. The molecule has 0 radical (unpaired) electrons. The number of hydrogen-bond acceptors (Lipinski definition) is 2. The average Bonchev–Trinajstić information content (AvgIpc) is 2.70. The van der Waals surface area contributed by atoms with Gasteiger partial charge in [-0.2, -0.15) is 0 Å². The van der Waals surface area contributed by atoms with E-state index in [1.54, 1.807) is 7.11 Å². The standard InChI is InChI=1S/C13H18ClNO/c1-9-6-10(7-11-4-3-5-15-11)8-12(14)13(9)16-2/h6,8,11,15H,3-5,7H2,1-2H3.